The molecule has 0 unspecified atom stereocenters. The Morgan fingerprint density at radius 2 is 2.13 bits per heavy atom. The number of rotatable bonds is 2. The monoisotopic (exact) mass is 220 g/mol. The van der Waals surface area contributed by atoms with Crippen LogP contribution in [-0.2, 0) is 9.53 Å². The number of carbonyl (C=O) groups is 1. The van der Waals surface area contributed by atoms with Crippen molar-refractivity contribution < 1.29 is 24.9 Å². The van der Waals surface area contributed by atoms with Gasteiger partial charge in [0.15, 0.2) is 6.29 Å². The highest BCUT2D eigenvalue weighted by molar-refractivity contribution is 5.73. The van der Waals surface area contributed by atoms with E-state index in [2.05, 4.69) is 5.32 Å². The largest absolute Gasteiger partial charge is 0.394 e. The molecule has 1 saturated heterocycles. The van der Waals surface area contributed by atoms with Crippen molar-refractivity contribution in [1.29, 1.82) is 0 Å². The molecule has 6 N–H and O–H groups in total. The van der Waals surface area contributed by atoms with E-state index < -0.39 is 37.2 Å². The summed E-state index contributed by atoms with van der Waals surface area (Å²) in [6.07, 6.45) is -3.39. The van der Waals surface area contributed by atoms with Crippen LogP contribution in [0.2, 0.25) is 0 Å². The number of nitrogens with two attached hydrogens (primary N) is 1. The summed E-state index contributed by atoms with van der Waals surface area (Å²) >= 11 is 0. The van der Waals surface area contributed by atoms with E-state index in [0.29, 0.717) is 0 Å². The maximum Gasteiger partial charge on any atom is 0.217 e. The highest BCUT2D eigenvalue weighted by Crippen LogP contribution is 2.18. The Bertz CT molecular complexity index is 237. The maximum absolute atomic E-state index is 10.8. The van der Waals surface area contributed by atoms with Gasteiger partial charge in [-0.2, -0.15) is 0 Å². The van der Waals surface area contributed by atoms with Crippen LogP contribution in [-0.4, -0.2) is 58.4 Å². The Hall–Kier alpha value is -0.730. The molecule has 0 aromatic rings. The van der Waals surface area contributed by atoms with E-state index in [9.17, 15) is 15.0 Å². The SMILES string of the molecule is CC(=O)N[C@@H]1[C@@H](N)[C@H](O)[C@@H](CO)O[C@H]1O. The van der Waals surface area contributed by atoms with Crippen molar-refractivity contribution in [3.8, 4) is 0 Å². The van der Waals surface area contributed by atoms with Gasteiger partial charge in [-0.25, -0.2) is 0 Å². The lowest BCUT2D eigenvalue weighted by molar-refractivity contribution is -0.227. The molecular weight excluding hydrogens is 204 g/mol. The lowest BCUT2D eigenvalue weighted by Gasteiger charge is -2.40. The molecular formula is C8H16N2O5. The van der Waals surface area contributed by atoms with Gasteiger partial charge >= 0.3 is 0 Å². The molecule has 15 heavy (non-hydrogen) atoms. The predicted octanol–water partition coefficient (Wildman–Crippen LogP) is -3.11. The summed E-state index contributed by atoms with van der Waals surface area (Å²) in [4.78, 5) is 10.8. The first-order valence-electron chi connectivity index (χ1n) is 4.62. The first kappa shape index (κ1) is 12.3. The molecule has 0 saturated carbocycles. The number of hydrogen-bond donors (Lipinski definition) is 5. The molecule has 1 heterocycles. The Morgan fingerprint density at radius 1 is 1.53 bits per heavy atom. The number of aliphatic hydroxyl groups is 3. The van der Waals surface area contributed by atoms with E-state index in [1.807, 2.05) is 0 Å². The summed E-state index contributed by atoms with van der Waals surface area (Å²) in [6.45, 7) is 0.822. The van der Waals surface area contributed by atoms with E-state index in [1.54, 1.807) is 0 Å². The van der Waals surface area contributed by atoms with Gasteiger partial charge in [-0.15, -0.1) is 0 Å². The zero-order valence-corrected chi connectivity index (χ0v) is 8.33. The Morgan fingerprint density at radius 3 is 2.60 bits per heavy atom. The molecule has 7 nitrogen and oxygen atoms in total. The van der Waals surface area contributed by atoms with Crippen LogP contribution in [0, 0.1) is 0 Å². The summed E-state index contributed by atoms with van der Waals surface area (Å²) < 4.78 is 4.89. The topological polar surface area (TPSA) is 125 Å². The zero-order chi connectivity index (χ0) is 11.6. The van der Waals surface area contributed by atoms with Gasteiger partial charge in [0.1, 0.15) is 6.10 Å². The lowest BCUT2D eigenvalue weighted by atomic mass is 9.95. The number of carbonyl (C=O) groups excluding carboxylic acids is 1. The highest BCUT2D eigenvalue weighted by Gasteiger charge is 2.42. The Kier molecular flexibility index (Phi) is 4.00. The zero-order valence-electron chi connectivity index (χ0n) is 8.33. The van der Waals surface area contributed by atoms with Crippen molar-refractivity contribution in [3.05, 3.63) is 0 Å². The van der Waals surface area contributed by atoms with Crippen molar-refractivity contribution in [2.75, 3.05) is 6.61 Å². The summed E-state index contributed by atoms with van der Waals surface area (Å²) in [5.41, 5.74) is 5.61. The van der Waals surface area contributed by atoms with Crippen molar-refractivity contribution in [2.24, 2.45) is 5.73 Å². The summed E-state index contributed by atoms with van der Waals surface area (Å²) in [7, 11) is 0. The second kappa shape index (κ2) is 4.86. The van der Waals surface area contributed by atoms with Crippen molar-refractivity contribution >= 4 is 5.91 Å². The van der Waals surface area contributed by atoms with Crippen LogP contribution >= 0.6 is 0 Å². The van der Waals surface area contributed by atoms with Crippen LogP contribution in [0.3, 0.4) is 0 Å². The molecule has 7 heteroatoms. The molecule has 0 aromatic carbocycles. The minimum absolute atomic E-state index is 0.382. The van der Waals surface area contributed by atoms with Crippen molar-refractivity contribution in [2.45, 2.75) is 37.5 Å². The van der Waals surface area contributed by atoms with E-state index in [4.69, 9.17) is 15.6 Å². The van der Waals surface area contributed by atoms with Crippen LogP contribution < -0.4 is 11.1 Å². The minimum atomic E-state index is -1.33. The third-order valence-electron chi connectivity index (χ3n) is 2.36. The van der Waals surface area contributed by atoms with Crippen LogP contribution in [0.25, 0.3) is 0 Å². The van der Waals surface area contributed by atoms with Gasteiger partial charge in [-0.1, -0.05) is 0 Å². The molecule has 1 aliphatic rings. The fourth-order valence-electron chi connectivity index (χ4n) is 1.55. The van der Waals surface area contributed by atoms with E-state index in [1.165, 1.54) is 6.92 Å². The van der Waals surface area contributed by atoms with Gasteiger partial charge in [0.2, 0.25) is 5.91 Å². The third-order valence-corrected chi connectivity index (χ3v) is 2.36. The van der Waals surface area contributed by atoms with E-state index in [0.717, 1.165) is 0 Å². The van der Waals surface area contributed by atoms with Crippen molar-refractivity contribution in [1.82, 2.24) is 5.32 Å². The Balaban J connectivity index is 2.70. The van der Waals surface area contributed by atoms with Crippen molar-refractivity contribution in [3.63, 3.8) is 0 Å². The average Bonchev–Trinajstić information content (AvgIpc) is 2.18. The van der Waals surface area contributed by atoms with Crippen LogP contribution in [0.1, 0.15) is 6.92 Å². The van der Waals surface area contributed by atoms with Crippen LogP contribution in [0.4, 0.5) is 0 Å². The number of hydrogen-bond acceptors (Lipinski definition) is 6. The molecule has 88 valence electrons. The first-order valence-corrected chi connectivity index (χ1v) is 4.62. The second-order valence-electron chi connectivity index (χ2n) is 3.54. The highest BCUT2D eigenvalue weighted by atomic mass is 16.6. The predicted molar refractivity (Wildman–Crippen MR) is 49.6 cm³/mol. The standard InChI is InChI=1S/C8H16N2O5/c1-3(12)10-6-5(9)7(13)4(2-11)15-8(6)14/h4-8,11,13-14H,2,9H2,1H3,(H,10,12)/t4-,5-,6-,7-,8-/m1/s1. The third kappa shape index (κ3) is 2.64. The van der Waals surface area contributed by atoms with Gasteiger partial charge in [0.05, 0.1) is 24.8 Å². The summed E-state index contributed by atoms with van der Waals surface area (Å²) in [5.74, 6) is -0.382. The fourth-order valence-corrected chi connectivity index (χ4v) is 1.55. The molecule has 0 aromatic heterocycles. The number of nitrogens with one attached hydrogen (secondary N) is 1. The van der Waals surface area contributed by atoms with Gasteiger partial charge in [0.25, 0.3) is 0 Å². The molecule has 1 aliphatic heterocycles. The maximum atomic E-state index is 10.8. The first-order chi connectivity index (χ1) is 6.97. The number of aliphatic hydroxyl groups excluding tert-OH is 3. The summed E-state index contributed by atoms with van der Waals surface area (Å²) in [6, 6.07) is -1.75. The molecule has 0 aliphatic carbocycles. The Labute approximate surface area is 86.8 Å². The van der Waals surface area contributed by atoms with Gasteiger partial charge in [-0.3, -0.25) is 4.79 Å². The molecule has 1 fully saturated rings. The second-order valence-corrected chi connectivity index (χ2v) is 3.54. The van der Waals surface area contributed by atoms with E-state index >= 15 is 0 Å². The van der Waals surface area contributed by atoms with Gasteiger partial charge in [0, 0.05) is 6.92 Å². The molecule has 1 rings (SSSR count). The normalized spacial score (nSPS) is 41.3. The number of amides is 1. The molecule has 0 radical (unpaired) electrons. The molecule has 5 atom stereocenters. The summed E-state index contributed by atoms with van der Waals surface area (Å²) in [5, 5.41) is 30.2. The van der Waals surface area contributed by atoms with Crippen LogP contribution in [0.15, 0.2) is 0 Å². The fraction of sp³-hybridized carbons (Fsp3) is 0.875. The average molecular weight is 220 g/mol. The quantitative estimate of drug-likeness (QED) is 0.335. The molecule has 0 spiro atoms. The smallest absolute Gasteiger partial charge is 0.217 e. The van der Waals surface area contributed by atoms with E-state index in [-0.39, 0.29) is 5.91 Å². The molecule has 1 amide bonds. The van der Waals surface area contributed by atoms with Gasteiger partial charge < -0.3 is 31.1 Å². The van der Waals surface area contributed by atoms with Gasteiger partial charge in [-0.05, 0) is 0 Å². The van der Waals surface area contributed by atoms with Crippen LogP contribution in [0.5, 0.6) is 0 Å². The number of ether oxygens (including phenoxy) is 1. The molecule has 0 bridgehead atoms. The minimum Gasteiger partial charge on any atom is -0.394 e. The lowest BCUT2D eigenvalue weighted by Crippen LogP contribution is -2.67.